The molecule has 13 heterocycles. The number of amides is 1. The zero-order valence-electron chi connectivity index (χ0n) is 52.2. The summed E-state index contributed by atoms with van der Waals surface area (Å²) in [5.74, 6) is -0.241. The highest BCUT2D eigenvalue weighted by Gasteiger charge is 2.55. The first kappa shape index (κ1) is 77.0. The van der Waals surface area contributed by atoms with Crippen LogP contribution in [0.3, 0.4) is 0 Å². The number of aromatic amines is 5. The van der Waals surface area contributed by atoms with E-state index < -0.39 is 193 Å². The van der Waals surface area contributed by atoms with Crippen molar-refractivity contribution in [1.82, 2.24) is 58.0 Å². The van der Waals surface area contributed by atoms with Crippen LogP contribution in [0.25, 0.3) is 20.9 Å². The standard InChI is InChI=1S/C9H11FN2O4.C9H11N5O5.C9H11N5O4.C9H12N2O6.C9H12N2O5.C9H12N2O4/c10-5-3-8(16-6(5)4-13)12-2-1-7(14)11-9(12)15;10-13-12-6-7(17)4(3-15)19-8(6)14-2-1-5(16)11-9(14)18;10-13-12-5-3-8(18-6(5)4-15)14-2-1-7(16)11-9(14)17;12-3-4-6(14)7(15)8(17-4)11-2-1-5(13)10-9(11)16;12-3-4-6(14)7-8(15-4)11-2-1-5(13)10-9(11)16-7;12-5-6-1-2-8(15-6)11-4-3-7(13)10-9(11)14/h1-2,5-6,8,13H,3-4H2,(H,11,14,15);1-2,4,6-8,15,17H,3H2,(H,11,16,18);1-2,5-6,8,15H,3-4H2,(H,11,16,17);1-2,4,6-8,12,14-15H,3H2,(H,10,13,16);1-2,4,6-9,12,14H,3H2,(H,10,13);3-4,6,8,12H,1-2,5H2,(H,10,13,14). The van der Waals surface area contributed by atoms with E-state index in [0.29, 0.717) is 12.8 Å². The molecule has 0 spiro atoms. The Morgan fingerprint density at radius 3 is 1.33 bits per heavy atom. The first-order chi connectivity index (χ1) is 48.3. The van der Waals surface area contributed by atoms with Crippen LogP contribution in [0.1, 0.15) is 56.8 Å². The second-order valence-electron chi connectivity index (χ2n) is 22.6. The highest BCUT2D eigenvalue weighted by molar-refractivity contribution is 5.88. The molecule has 550 valence electrons. The molecule has 46 nitrogen and oxygen atoms in total. The molecular weight excluding hydrogens is 1370 g/mol. The van der Waals surface area contributed by atoms with Crippen molar-refractivity contribution >= 4 is 5.91 Å². The lowest BCUT2D eigenvalue weighted by Gasteiger charge is -2.29. The third-order valence-electron chi connectivity index (χ3n) is 16.2. The van der Waals surface area contributed by atoms with E-state index in [4.69, 9.17) is 74.9 Å². The molecular formula is C54H69FN18O28. The Labute approximate surface area is 559 Å². The molecule has 47 heteroatoms. The average Bonchev–Trinajstić information content (AvgIpc) is 1.61. The van der Waals surface area contributed by atoms with Gasteiger partial charge in [0, 0.05) is 96.3 Å². The Morgan fingerprint density at radius 2 is 0.881 bits per heavy atom. The van der Waals surface area contributed by atoms with Gasteiger partial charge in [0.25, 0.3) is 27.8 Å². The van der Waals surface area contributed by atoms with Gasteiger partial charge in [-0.15, -0.1) is 0 Å². The van der Waals surface area contributed by atoms with Gasteiger partial charge in [-0.2, -0.15) is 0 Å². The maximum atomic E-state index is 13.3. The number of carbonyl (C=O) groups is 1. The summed E-state index contributed by atoms with van der Waals surface area (Å²) in [6.45, 7) is -2.02. The molecule has 21 unspecified atom stereocenters. The summed E-state index contributed by atoms with van der Waals surface area (Å²) >= 11 is 0. The predicted molar refractivity (Wildman–Crippen MR) is 328 cm³/mol. The lowest BCUT2D eigenvalue weighted by atomic mass is 10.1. The molecule has 5 aromatic rings. The zero-order valence-corrected chi connectivity index (χ0v) is 52.2. The number of aliphatic hydroxyl groups excluding tert-OH is 10. The van der Waals surface area contributed by atoms with Crippen LogP contribution in [0.2, 0.25) is 0 Å². The average molecular weight is 1440 g/mol. The lowest BCUT2D eigenvalue weighted by Crippen LogP contribution is -2.48. The molecule has 21 atom stereocenters. The van der Waals surface area contributed by atoms with E-state index in [1.807, 2.05) is 9.97 Å². The van der Waals surface area contributed by atoms with Crippen molar-refractivity contribution in [2.24, 2.45) is 10.2 Å². The lowest BCUT2D eigenvalue weighted by molar-refractivity contribution is -0.133. The highest BCUT2D eigenvalue weighted by atomic mass is 19.1. The molecule has 13 rings (SSSR count). The third-order valence-corrected chi connectivity index (χ3v) is 16.2. The molecule has 5 aromatic heterocycles. The number of H-pyrrole nitrogens is 5. The van der Waals surface area contributed by atoms with Crippen molar-refractivity contribution in [3.8, 4) is 0 Å². The van der Waals surface area contributed by atoms with Gasteiger partial charge in [-0.25, -0.2) is 28.4 Å². The van der Waals surface area contributed by atoms with E-state index in [-0.39, 0.29) is 50.9 Å². The minimum Gasteiger partial charge on any atom is -0.394 e. The minimum absolute atomic E-state index is 0.0167. The van der Waals surface area contributed by atoms with Crippen LogP contribution in [0.4, 0.5) is 4.39 Å². The second kappa shape index (κ2) is 35.1. The molecule has 0 aliphatic carbocycles. The molecule has 0 saturated carbocycles. The number of fused-ring (bicyclic) bond motifs is 3. The van der Waals surface area contributed by atoms with Crippen molar-refractivity contribution in [3.63, 3.8) is 0 Å². The van der Waals surface area contributed by atoms with Crippen molar-refractivity contribution in [2.45, 2.75) is 155 Å². The number of hydrogen-bond donors (Lipinski definition) is 16. The fourth-order valence-corrected chi connectivity index (χ4v) is 11.1. The second-order valence-corrected chi connectivity index (χ2v) is 22.6. The smallest absolute Gasteiger partial charge is 0.330 e. The van der Waals surface area contributed by atoms with Crippen molar-refractivity contribution < 1.29 is 93.4 Å². The number of aliphatic hydroxyl groups is 10. The monoisotopic (exact) mass is 1440 g/mol. The third kappa shape index (κ3) is 18.5. The number of nitrogens with zero attached hydrogens (tertiary/aromatic N) is 12. The Hall–Kier alpha value is -9.72. The van der Waals surface area contributed by atoms with Crippen molar-refractivity contribution in [1.29, 1.82) is 0 Å². The Bertz CT molecular complexity index is 4410. The number of nitrogens with one attached hydrogen (secondary N) is 6. The fraction of sp³-hybridized carbons (Fsp3) is 0.574. The Morgan fingerprint density at radius 1 is 0.455 bits per heavy atom. The van der Waals surface area contributed by atoms with E-state index in [9.17, 15) is 77.6 Å². The predicted octanol–water partition coefficient (Wildman–Crippen LogP) is -8.84. The maximum Gasteiger partial charge on any atom is 0.330 e. The van der Waals surface area contributed by atoms with Crippen LogP contribution in [-0.2, 0) is 38.0 Å². The summed E-state index contributed by atoms with van der Waals surface area (Å²) in [5.41, 5.74) is 11.0. The number of halogens is 1. The summed E-state index contributed by atoms with van der Waals surface area (Å²) in [7, 11) is 0. The van der Waals surface area contributed by atoms with Crippen LogP contribution in [0, 0.1) is 0 Å². The van der Waals surface area contributed by atoms with E-state index in [2.05, 4.69) is 40.3 Å². The first-order valence-corrected chi connectivity index (χ1v) is 30.3. The summed E-state index contributed by atoms with van der Waals surface area (Å²) in [6, 6.07) is 4.20. The number of alkyl halides is 1. The normalized spacial score (nSPS) is 31.7. The quantitative estimate of drug-likeness (QED) is 0.0296. The molecule has 8 aliphatic rings. The van der Waals surface area contributed by atoms with Crippen LogP contribution < -0.4 is 61.6 Å². The molecule has 7 saturated heterocycles. The molecule has 7 fully saturated rings. The fourth-order valence-electron chi connectivity index (χ4n) is 11.1. The van der Waals surface area contributed by atoms with Gasteiger partial charge >= 0.3 is 28.4 Å². The van der Waals surface area contributed by atoms with Gasteiger partial charge in [-0.05, 0) is 23.9 Å². The largest absolute Gasteiger partial charge is 0.394 e. The van der Waals surface area contributed by atoms with Crippen molar-refractivity contribution in [2.75, 3.05) is 39.6 Å². The molecule has 0 bridgehead atoms. The van der Waals surface area contributed by atoms with E-state index in [0.717, 1.165) is 44.3 Å². The van der Waals surface area contributed by atoms with E-state index in [1.165, 1.54) is 45.9 Å². The zero-order chi connectivity index (χ0) is 73.5. The van der Waals surface area contributed by atoms with E-state index >= 15 is 0 Å². The Kier molecular flexibility index (Phi) is 26.7. The molecule has 1 amide bonds. The maximum absolute atomic E-state index is 13.3. The SMILES string of the molecule is O=C1C=CN2C(N1)OC1C(O)C(CO)OC12.O=c1ccn(C2CC(F)C(CO)O2)c(=O)[nH]1.O=c1ccn(C2CCC(CO)O2)c(=O)[nH]1.O=c1ccn(C2OC(CO)C(O)C2O)c(=O)[nH]1.[N-]=[N+]=NC1C(O)C(CO)OC1n1ccc(=O)[nH]c1=O.[N-]=[N+]=NC1CC(n2ccc(=O)[nH]c2=O)OC1CO. The number of ether oxygens (including phenoxy) is 7. The van der Waals surface area contributed by atoms with E-state index in [1.54, 1.807) is 11.1 Å². The first-order valence-electron chi connectivity index (χ1n) is 30.3. The topological polar surface area (TPSA) is 671 Å². The summed E-state index contributed by atoms with van der Waals surface area (Å²) in [5, 5.41) is 102. The van der Waals surface area contributed by atoms with Gasteiger partial charge in [0.2, 0.25) is 12.3 Å². The van der Waals surface area contributed by atoms with Gasteiger partial charge in [0.05, 0.1) is 64.0 Å². The van der Waals surface area contributed by atoms with Crippen LogP contribution in [-0.4, -0.2) is 247 Å². The molecule has 0 radical (unpaired) electrons. The Balaban J connectivity index is 0.000000154. The summed E-state index contributed by atoms with van der Waals surface area (Å²) in [4.78, 5) is 140. The number of aromatic nitrogens is 10. The number of hydrogen-bond acceptors (Lipinski definition) is 31. The van der Waals surface area contributed by atoms with Gasteiger partial charge in [0.15, 0.2) is 12.5 Å². The molecule has 8 aliphatic heterocycles. The molecule has 16 N–H and O–H groups in total. The van der Waals surface area contributed by atoms with Gasteiger partial charge in [0.1, 0.15) is 86.0 Å². The van der Waals surface area contributed by atoms with Crippen molar-refractivity contribution in [3.05, 3.63) is 199 Å². The number of rotatable bonds is 13. The molecule has 0 aromatic carbocycles. The summed E-state index contributed by atoms with van der Waals surface area (Å²) in [6.07, 6.45) is -5.25. The van der Waals surface area contributed by atoms with Gasteiger partial charge in [-0.1, -0.05) is 10.2 Å². The minimum atomic E-state index is -1.35. The van der Waals surface area contributed by atoms with Crippen LogP contribution >= 0.6 is 0 Å². The molecule has 101 heavy (non-hydrogen) atoms. The van der Waals surface area contributed by atoms with Gasteiger partial charge < -0.3 is 94.4 Å². The number of carbonyl (C=O) groups excluding carboxylic acids is 1. The number of azide groups is 2. The van der Waals surface area contributed by atoms with Gasteiger partial charge in [-0.3, -0.25) is 76.5 Å². The van der Waals surface area contributed by atoms with Crippen LogP contribution in [0.5, 0.6) is 0 Å². The highest BCUT2D eigenvalue weighted by Crippen LogP contribution is 2.36. The summed E-state index contributed by atoms with van der Waals surface area (Å²) < 4.78 is 56.1. The van der Waals surface area contributed by atoms with Crippen LogP contribution in [0.15, 0.2) is 132 Å².